The second kappa shape index (κ2) is 6.73. The van der Waals surface area contributed by atoms with Crippen LogP contribution in [0.2, 0.25) is 5.02 Å². The predicted molar refractivity (Wildman–Crippen MR) is 97.1 cm³/mol. The summed E-state index contributed by atoms with van der Waals surface area (Å²) < 4.78 is 48.7. The van der Waals surface area contributed by atoms with Gasteiger partial charge in [0.25, 0.3) is 0 Å². The fraction of sp³-hybridized carbons (Fsp3) is 0.529. The first kappa shape index (κ1) is 19.5. The molecule has 2 aliphatic rings. The molecule has 2 atom stereocenters. The van der Waals surface area contributed by atoms with Gasteiger partial charge in [0.1, 0.15) is 5.78 Å². The van der Waals surface area contributed by atoms with Crippen molar-refractivity contribution >= 4 is 42.8 Å². The number of hydrogen-bond donors (Lipinski definition) is 0. The maximum atomic E-state index is 13.0. The van der Waals surface area contributed by atoms with Crippen molar-refractivity contribution in [2.75, 3.05) is 11.5 Å². The molecule has 1 aliphatic carbocycles. The van der Waals surface area contributed by atoms with E-state index in [1.54, 1.807) is 0 Å². The van der Waals surface area contributed by atoms with Gasteiger partial charge < -0.3 is 0 Å². The first-order valence-electron chi connectivity index (χ1n) is 8.42. The van der Waals surface area contributed by atoms with Crippen molar-refractivity contribution in [2.45, 2.75) is 42.8 Å². The quantitative estimate of drug-likeness (QED) is 0.547. The second-order valence-electron chi connectivity index (χ2n) is 6.66. The van der Waals surface area contributed by atoms with Crippen LogP contribution in [0.4, 0.5) is 0 Å². The number of benzene rings is 1. The van der Waals surface area contributed by atoms with Crippen molar-refractivity contribution in [1.29, 1.82) is 0 Å². The number of carbonyl (C=O) groups is 2. The molecule has 9 heteroatoms. The predicted octanol–water partition coefficient (Wildman–Crippen LogP) is 2.03. The van der Waals surface area contributed by atoms with E-state index in [1.165, 1.54) is 19.1 Å². The number of sulfone groups is 2. The highest BCUT2D eigenvalue weighted by atomic mass is 35.5. The van der Waals surface area contributed by atoms with E-state index < -0.39 is 42.4 Å². The summed E-state index contributed by atoms with van der Waals surface area (Å²) in [5.74, 6) is -2.52. The van der Waals surface area contributed by atoms with E-state index in [4.69, 9.17) is 11.6 Å². The minimum absolute atomic E-state index is 0.0135. The molecule has 2 unspecified atom stereocenters. The summed E-state index contributed by atoms with van der Waals surface area (Å²) in [6.45, 7) is 1.49. The van der Waals surface area contributed by atoms with Crippen molar-refractivity contribution in [2.24, 2.45) is 5.92 Å². The van der Waals surface area contributed by atoms with Crippen LogP contribution in [-0.4, -0.2) is 45.2 Å². The Hall–Kier alpha value is -1.25. The van der Waals surface area contributed by atoms with Crippen molar-refractivity contribution in [3.05, 3.63) is 28.3 Å². The summed E-state index contributed by atoms with van der Waals surface area (Å²) in [4.78, 5) is 25.6. The Labute approximate surface area is 157 Å². The van der Waals surface area contributed by atoms with Crippen LogP contribution in [0.3, 0.4) is 0 Å². The third-order valence-corrected chi connectivity index (χ3v) is 9.66. The van der Waals surface area contributed by atoms with Crippen molar-refractivity contribution in [3.63, 3.8) is 0 Å². The van der Waals surface area contributed by atoms with Crippen molar-refractivity contribution in [1.82, 2.24) is 0 Å². The van der Waals surface area contributed by atoms with Gasteiger partial charge in [-0.25, -0.2) is 16.8 Å². The molecule has 26 heavy (non-hydrogen) atoms. The molecule has 1 heterocycles. The van der Waals surface area contributed by atoms with Gasteiger partial charge in [-0.1, -0.05) is 18.5 Å². The van der Waals surface area contributed by atoms with Crippen molar-refractivity contribution in [3.8, 4) is 0 Å². The lowest BCUT2D eigenvalue weighted by Crippen LogP contribution is -2.44. The summed E-state index contributed by atoms with van der Waals surface area (Å²) in [6.07, 6.45) is 1.05. The molecule has 1 aromatic rings. The standard InChI is InChI=1S/C17H19ClO6S2/c1-2-25(21,22)14-5-3-4-12(19)15(14)17(20)11-6-7-13-10(16(11)18)8-9-26(13,23)24/h6-7,14-15H,2-5,8-9H2,1H3. The molecular formula is C17H19ClO6S2. The van der Waals surface area contributed by atoms with Crippen LogP contribution in [0.5, 0.6) is 0 Å². The summed E-state index contributed by atoms with van der Waals surface area (Å²) in [6, 6.07) is 2.62. The van der Waals surface area contributed by atoms with Crippen LogP contribution in [0.15, 0.2) is 17.0 Å². The average molecular weight is 419 g/mol. The Morgan fingerprint density at radius 2 is 1.96 bits per heavy atom. The zero-order valence-electron chi connectivity index (χ0n) is 14.2. The number of hydrogen-bond acceptors (Lipinski definition) is 6. The molecule has 1 saturated carbocycles. The molecule has 1 aromatic carbocycles. The number of fused-ring (bicyclic) bond motifs is 1. The lowest BCUT2D eigenvalue weighted by Gasteiger charge is -2.29. The van der Waals surface area contributed by atoms with Gasteiger partial charge in [-0.15, -0.1) is 0 Å². The fourth-order valence-electron chi connectivity index (χ4n) is 3.76. The number of carbonyl (C=O) groups excluding carboxylic acids is 2. The zero-order valence-corrected chi connectivity index (χ0v) is 16.6. The Kier molecular flexibility index (Phi) is 5.05. The third-order valence-electron chi connectivity index (χ3n) is 5.20. The normalized spacial score (nSPS) is 25.1. The molecule has 3 rings (SSSR count). The minimum Gasteiger partial charge on any atom is -0.299 e. The van der Waals surface area contributed by atoms with E-state index in [0.717, 1.165) is 0 Å². The highest BCUT2D eigenvalue weighted by Gasteiger charge is 2.44. The Balaban J connectivity index is 2.07. The number of rotatable bonds is 4. The van der Waals surface area contributed by atoms with Crippen LogP contribution in [0.1, 0.15) is 42.1 Å². The molecular weight excluding hydrogens is 400 g/mol. The molecule has 1 fully saturated rings. The van der Waals surface area contributed by atoms with E-state index in [9.17, 15) is 26.4 Å². The molecule has 0 radical (unpaired) electrons. The highest BCUT2D eigenvalue weighted by Crippen LogP contribution is 2.37. The number of halogens is 1. The summed E-state index contributed by atoms with van der Waals surface area (Å²) in [7, 11) is -6.98. The maximum absolute atomic E-state index is 13.0. The molecule has 6 nitrogen and oxygen atoms in total. The largest absolute Gasteiger partial charge is 0.299 e. The first-order chi connectivity index (χ1) is 12.1. The molecule has 0 saturated heterocycles. The van der Waals surface area contributed by atoms with Crippen LogP contribution in [-0.2, 0) is 30.9 Å². The fourth-order valence-corrected chi connectivity index (χ4v) is 7.36. The first-order valence-corrected chi connectivity index (χ1v) is 12.2. The van der Waals surface area contributed by atoms with Gasteiger partial charge in [0.2, 0.25) is 0 Å². The number of ketones is 2. The molecule has 1 aliphatic heterocycles. The zero-order chi connectivity index (χ0) is 19.3. The van der Waals surface area contributed by atoms with Gasteiger partial charge in [0.05, 0.1) is 26.8 Å². The summed E-state index contributed by atoms with van der Waals surface area (Å²) in [5.41, 5.74) is 0.398. The van der Waals surface area contributed by atoms with Gasteiger partial charge in [0.15, 0.2) is 25.5 Å². The molecule has 0 aromatic heterocycles. The lowest BCUT2D eigenvalue weighted by molar-refractivity contribution is -0.122. The molecule has 0 spiro atoms. The average Bonchev–Trinajstić information content (AvgIpc) is 2.90. The van der Waals surface area contributed by atoms with E-state index in [1.807, 2.05) is 0 Å². The van der Waals surface area contributed by atoms with Gasteiger partial charge in [-0.3, -0.25) is 9.59 Å². The number of Topliss-reactive ketones (excluding diaryl/α,β-unsaturated/α-hetero) is 2. The van der Waals surface area contributed by atoms with Gasteiger partial charge in [0, 0.05) is 17.7 Å². The molecule has 0 bridgehead atoms. The van der Waals surface area contributed by atoms with Crippen molar-refractivity contribution < 1.29 is 26.4 Å². The van der Waals surface area contributed by atoms with E-state index in [0.29, 0.717) is 12.0 Å². The van der Waals surface area contributed by atoms with Crippen LogP contribution >= 0.6 is 11.6 Å². The summed E-state index contributed by atoms with van der Waals surface area (Å²) in [5, 5.41) is -1.03. The maximum Gasteiger partial charge on any atom is 0.179 e. The smallest absolute Gasteiger partial charge is 0.179 e. The van der Waals surface area contributed by atoms with Gasteiger partial charge >= 0.3 is 0 Å². The van der Waals surface area contributed by atoms with Crippen LogP contribution < -0.4 is 0 Å². The monoisotopic (exact) mass is 418 g/mol. The van der Waals surface area contributed by atoms with Crippen LogP contribution in [0.25, 0.3) is 0 Å². The van der Waals surface area contributed by atoms with Gasteiger partial charge in [-0.2, -0.15) is 0 Å². The molecule has 142 valence electrons. The van der Waals surface area contributed by atoms with E-state index in [-0.39, 0.29) is 46.2 Å². The highest BCUT2D eigenvalue weighted by molar-refractivity contribution is 7.92. The Morgan fingerprint density at radius 1 is 1.27 bits per heavy atom. The van der Waals surface area contributed by atoms with Crippen LogP contribution in [0, 0.1) is 5.92 Å². The minimum atomic E-state index is -3.58. The second-order valence-corrected chi connectivity index (χ2v) is 11.6. The SMILES string of the molecule is CCS(=O)(=O)C1CCCC(=O)C1C(=O)c1ccc2c(c1Cl)CCS2(=O)=O. The molecule has 0 N–H and O–H groups in total. The van der Waals surface area contributed by atoms with E-state index >= 15 is 0 Å². The topological polar surface area (TPSA) is 102 Å². The lowest BCUT2D eigenvalue weighted by atomic mass is 9.82. The van der Waals surface area contributed by atoms with E-state index in [2.05, 4.69) is 0 Å². The van der Waals surface area contributed by atoms with Gasteiger partial charge in [-0.05, 0) is 37.0 Å². The Bertz CT molecular complexity index is 994. The molecule has 0 amide bonds. The summed E-state index contributed by atoms with van der Waals surface area (Å²) >= 11 is 6.29. The third kappa shape index (κ3) is 3.12. The Morgan fingerprint density at radius 3 is 2.62 bits per heavy atom.